The first-order valence-electron chi connectivity index (χ1n) is 30.5. The molecule has 1 saturated heterocycles. The average Bonchev–Trinajstić information content (AvgIpc) is 1.62. The van der Waals surface area contributed by atoms with Crippen molar-refractivity contribution in [2.75, 3.05) is 56.6 Å². The number of benzene rings is 3. The standard InChI is InChI=1S/C66H77N9O15S/c1-38-28-64(3)34-65(4,37-69-39(2)45(30-67)43-17-18-52(71-56(43)60(84)85)74-23-21-41-11-8-12-44(46(41)31-74)58(81)72-62-70-47-13-6-7-14-51(47)91-62)36-66(29-38,35-64)88-25-24-73(5)63(86)87-33-42-16-15-40(10-9-22-68-53(77)32-75-54(78)19-20-55(75)79)26-49(42)89-61-57(80)48(76)27-50(90-61)59(82)83/h6-8,11-20,26,30,38,48,50,57,61,76,80H,9-10,21-25,27-29,31-37,67H2,1-5H3,(H,68,77)(H,82,83)(H,84,85)(H,70,72,81)/t38?,48?,50?,57-,61?,64?,65?,66?/m1/s1. The Labute approximate surface area is 530 Å². The van der Waals surface area contributed by atoms with Crippen LogP contribution in [0.15, 0.2) is 96.1 Å². The summed E-state index contributed by atoms with van der Waals surface area (Å²) in [4.78, 5) is 107. The molecule has 482 valence electrons. The average molecular weight is 1270 g/mol. The number of fused-ring (bicyclic) bond motifs is 4. The van der Waals surface area contributed by atoms with Crippen molar-refractivity contribution >= 4 is 85.4 Å². The number of nitrogens with two attached hydrogens (primary N) is 1. The Hall–Kier alpha value is -8.62. The van der Waals surface area contributed by atoms with Gasteiger partial charge in [-0.3, -0.25) is 34.4 Å². The highest BCUT2D eigenvalue weighted by atomic mass is 32.1. The zero-order valence-corrected chi connectivity index (χ0v) is 52.3. The number of hydrogen-bond donors (Lipinski definition) is 7. The van der Waals surface area contributed by atoms with E-state index >= 15 is 0 Å². The highest BCUT2D eigenvalue weighted by molar-refractivity contribution is 7.22. The van der Waals surface area contributed by atoms with Crippen molar-refractivity contribution in [1.82, 2.24) is 25.1 Å². The molecule has 10 rings (SSSR count). The van der Waals surface area contributed by atoms with E-state index in [2.05, 4.69) is 36.4 Å². The molecule has 0 spiro atoms. The van der Waals surface area contributed by atoms with Crippen molar-refractivity contribution in [1.29, 1.82) is 0 Å². The molecular formula is C66H77N9O15S. The Kier molecular flexibility index (Phi) is 19.7. The lowest BCUT2D eigenvalue weighted by molar-refractivity contribution is -0.238. The number of aliphatic hydroxyl groups is 2. The first kappa shape index (κ1) is 65.3. The van der Waals surface area contributed by atoms with Gasteiger partial charge < -0.3 is 60.2 Å². The minimum Gasteiger partial charge on any atom is -0.479 e. The van der Waals surface area contributed by atoms with E-state index in [1.807, 2.05) is 48.2 Å². The number of amides is 5. The summed E-state index contributed by atoms with van der Waals surface area (Å²) < 4.78 is 25.3. The van der Waals surface area contributed by atoms with Crippen molar-refractivity contribution < 1.29 is 72.9 Å². The Morgan fingerprint density at radius 2 is 1.74 bits per heavy atom. The monoisotopic (exact) mass is 1270 g/mol. The molecule has 2 saturated carbocycles. The van der Waals surface area contributed by atoms with Crippen LogP contribution in [0.3, 0.4) is 0 Å². The highest BCUT2D eigenvalue weighted by Crippen LogP contribution is 2.60. The van der Waals surface area contributed by atoms with E-state index in [9.17, 15) is 54.0 Å². The zero-order chi connectivity index (χ0) is 64.9. The normalized spacial score (nSPS) is 24.8. The van der Waals surface area contributed by atoms with E-state index in [4.69, 9.17) is 34.7 Å². The molecule has 7 unspecified atom stereocenters. The van der Waals surface area contributed by atoms with Gasteiger partial charge in [-0.2, -0.15) is 0 Å². The van der Waals surface area contributed by atoms with Crippen molar-refractivity contribution in [3.8, 4) is 5.75 Å². The van der Waals surface area contributed by atoms with Gasteiger partial charge in [0.25, 0.3) is 17.7 Å². The van der Waals surface area contributed by atoms with Crippen LogP contribution in [0.1, 0.15) is 121 Å². The third-order valence-electron chi connectivity index (χ3n) is 17.6. The molecule has 5 aliphatic rings. The lowest BCUT2D eigenvalue weighted by Crippen LogP contribution is -2.55. The topological polar surface area (TPSA) is 335 Å². The van der Waals surface area contributed by atoms with Gasteiger partial charge in [0, 0.05) is 92.5 Å². The number of aliphatic hydroxyl groups excluding tert-OH is 2. The summed E-state index contributed by atoms with van der Waals surface area (Å²) in [6, 6.07) is 21.8. The second-order valence-corrected chi connectivity index (χ2v) is 26.3. The number of carbonyl (C=O) groups is 7. The van der Waals surface area contributed by atoms with Crippen molar-refractivity contribution in [2.45, 2.75) is 129 Å². The molecule has 5 amide bonds. The van der Waals surface area contributed by atoms with E-state index < -0.39 is 72.5 Å². The number of hydrogen-bond acceptors (Lipinski definition) is 19. The number of aliphatic carboxylic acids is 1. The van der Waals surface area contributed by atoms with E-state index in [0.29, 0.717) is 95.7 Å². The predicted molar refractivity (Wildman–Crippen MR) is 337 cm³/mol. The number of aliphatic imine (C=N–C) groups is 1. The number of anilines is 2. The number of thiazole rings is 1. The molecule has 5 heterocycles. The summed E-state index contributed by atoms with van der Waals surface area (Å²) in [5.74, 6) is -3.65. The maximum Gasteiger partial charge on any atom is 0.409 e. The molecule has 2 aliphatic carbocycles. The van der Waals surface area contributed by atoms with E-state index in [0.717, 1.165) is 64.1 Å². The van der Waals surface area contributed by atoms with Gasteiger partial charge in [-0.1, -0.05) is 68.5 Å². The molecule has 8 N–H and O–H groups in total. The number of nitrogens with zero attached hydrogens (tertiary/aromatic N) is 6. The molecular weight excluding hydrogens is 1190 g/mol. The fourth-order valence-electron chi connectivity index (χ4n) is 14.0. The van der Waals surface area contributed by atoms with Crippen LogP contribution in [0.25, 0.3) is 15.8 Å². The van der Waals surface area contributed by atoms with Crippen molar-refractivity contribution in [2.24, 2.45) is 27.5 Å². The fourth-order valence-corrected chi connectivity index (χ4v) is 14.9. The molecule has 24 nitrogen and oxygen atoms in total. The van der Waals surface area contributed by atoms with Gasteiger partial charge in [-0.05, 0) is 128 Å². The number of rotatable bonds is 23. The van der Waals surface area contributed by atoms with Gasteiger partial charge in [-0.25, -0.2) is 24.4 Å². The number of carbonyl (C=O) groups excluding carboxylic acids is 5. The highest BCUT2D eigenvalue weighted by Gasteiger charge is 2.55. The second kappa shape index (κ2) is 27.5. The summed E-state index contributed by atoms with van der Waals surface area (Å²) in [6.45, 7) is 9.66. The van der Waals surface area contributed by atoms with Crippen LogP contribution in [0, 0.1) is 16.7 Å². The zero-order valence-electron chi connectivity index (χ0n) is 51.5. The molecule has 3 aromatic carbocycles. The summed E-state index contributed by atoms with van der Waals surface area (Å²) >= 11 is 1.40. The third-order valence-corrected chi connectivity index (χ3v) is 18.6. The van der Waals surface area contributed by atoms with Gasteiger partial charge >= 0.3 is 18.0 Å². The fraction of sp³-hybridized carbons (Fsp3) is 0.455. The van der Waals surface area contributed by atoms with Gasteiger partial charge in [0.15, 0.2) is 16.9 Å². The Morgan fingerprint density at radius 1 is 0.956 bits per heavy atom. The molecule has 91 heavy (non-hydrogen) atoms. The van der Waals surface area contributed by atoms with Crippen LogP contribution in [-0.2, 0) is 59.4 Å². The minimum absolute atomic E-state index is 0.0861. The van der Waals surface area contributed by atoms with Crippen molar-refractivity contribution in [3.05, 3.63) is 130 Å². The number of carboxylic acid groups (broad SMARTS) is 2. The molecule has 25 heteroatoms. The number of aromatic carboxylic acids is 1. The number of aryl methyl sites for hydroxylation is 1. The van der Waals surface area contributed by atoms with E-state index in [1.165, 1.54) is 22.4 Å². The molecule has 5 aromatic rings. The predicted octanol–water partition coefficient (Wildman–Crippen LogP) is 6.89. The number of ether oxygens (including phenoxy) is 4. The first-order chi connectivity index (χ1) is 43.4. The summed E-state index contributed by atoms with van der Waals surface area (Å²) in [6.07, 6.45) is 1.89. The largest absolute Gasteiger partial charge is 0.479 e. The van der Waals surface area contributed by atoms with Crippen LogP contribution in [0.2, 0.25) is 0 Å². The Morgan fingerprint density at radius 3 is 2.48 bits per heavy atom. The number of allylic oxidation sites excluding steroid dienone is 1. The number of para-hydroxylation sites is 1. The lowest BCUT2D eigenvalue weighted by Gasteiger charge is -2.58. The SMILES string of the molecule is CC(=NCC1(C)CC2(C)CC(C)CC(OCCN(C)C(=O)OCc3ccc(CCCNC(=O)CN4C(=O)C=CC4=O)cc3OC3OC(C(=O)O)CC(O)[C@H]3O)(C1)C2)C(=CN)c1ccc(N2CCc3cccc(C(=O)Nc4nc5ccccc5s4)c3C2)nc1C(=O)O. The van der Waals surface area contributed by atoms with E-state index in [-0.39, 0.29) is 60.9 Å². The van der Waals surface area contributed by atoms with Crippen molar-refractivity contribution in [3.63, 3.8) is 0 Å². The van der Waals surface area contributed by atoms with Gasteiger partial charge in [0.2, 0.25) is 12.2 Å². The second-order valence-electron chi connectivity index (χ2n) is 25.3. The molecule has 3 aliphatic heterocycles. The summed E-state index contributed by atoms with van der Waals surface area (Å²) in [5.41, 5.74) is 10.6. The van der Waals surface area contributed by atoms with Crippen LogP contribution in [-0.4, -0.2) is 164 Å². The number of carboxylic acids is 2. The number of likely N-dealkylation sites (N-methyl/N-ethyl adjacent to an activating group) is 1. The molecule has 8 atom stereocenters. The van der Waals surface area contributed by atoms with Crippen LogP contribution >= 0.6 is 11.3 Å². The first-order valence-corrected chi connectivity index (χ1v) is 31.3. The molecule has 3 fully saturated rings. The minimum atomic E-state index is -1.62. The maximum absolute atomic E-state index is 13.8. The third kappa shape index (κ3) is 15.2. The molecule has 0 radical (unpaired) electrons. The smallest absolute Gasteiger partial charge is 0.409 e. The Balaban J connectivity index is 0.762. The van der Waals surface area contributed by atoms with E-state index in [1.54, 1.807) is 43.4 Å². The number of aromatic nitrogens is 2. The number of pyridine rings is 1. The van der Waals surface area contributed by atoms with Gasteiger partial charge in [0.1, 0.15) is 30.8 Å². The van der Waals surface area contributed by atoms with Crippen LogP contribution < -0.4 is 26.0 Å². The summed E-state index contributed by atoms with van der Waals surface area (Å²) in [7, 11) is 1.59. The molecule has 2 aromatic heterocycles. The van der Waals surface area contributed by atoms with Gasteiger partial charge in [0.05, 0.1) is 28.5 Å². The quantitative estimate of drug-likeness (QED) is 0.0199. The summed E-state index contributed by atoms with van der Waals surface area (Å²) in [5, 5.41) is 47.8. The number of imide groups is 1. The van der Waals surface area contributed by atoms with Crippen LogP contribution in [0.5, 0.6) is 5.75 Å². The number of nitrogens with one attached hydrogen (secondary N) is 2. The van der Waals surface area contributed by atoms with Crippen LogP contribution in [0.4, 0.5) is 15.7 Å². The maximum atomic E-state index is 13.8. The van der Waals surface area contributed by atoms with Gasteiger partial charge in [-0.15, -0.1) is 0 Å². The Bertz CT molecular complexity index is 3690. The molecule has 2 bridgehead atoms. The lowest BCUT2D eigenvalue weighted by atomic mass is 9.51.